The number of nitrogens with zero attached hydrogens (tertiary/aromatic N) is 3. The molecule has 44 heavy (non-hydrogen) atoms. The monoisotopic (exact) mass is 641 g/mol. The second-order valence-electron chi connectivity index (χ2n) is 11.7. The van der Waals surface area contributed by atoms with Gasteiger partial charge in [0.05, 0.1) is 16.5 Å². The van der Waals surface area contributed by atoms with Crippen molar-refractivity contribution in [2.75, 3.05) is 32.7 Å². The van der Waals surface area contributed by atoms with E-state index in [0.717, 1.165) is 34.5 Å². The van der Waals surface area contributed by atoms with E-state index in [-0.39, 0.29) is 46.9 Å². The molecule has 236 valence electrons. The molecule has 0 bridgehead atoms. The number of likely N-dealkylation sites (tertiary alicyclic amines) is 1. The van der Waals surface area contributed by atoms with Gasteiger partial charge >= 0.3 is 0 Å². The highest BCUT2D eigenvalue weighted by molar-refractivity contribution is 7.91. The van der Waals surface area contributed by atoms with Crippen LogP contribution in [0.5, 0.6) is 0 Å². The van der Waals surface area contributed by atoms with Crippen LogP contribution < -0.4 is 10.6 Å². The van der Waals surface area contributed by atoms with E-state index in [1.807, 2.05) is 31.2 Å². The molecule has 2 amide bonds. The van der Waals surface area contributed by atoms with Crippen molar-refractivity contribution in [2.24, 2.45) is 5.92 Å². The van der Waals surface area contributed by atoms with Crippen LogP contribution in [0.4, 0.5) is 4.39 Å². The van der Waals surface area contributed by atoms with Gasteiger partial charge in [-0.15, -0.1) is 11.3 Å². The zero-order chi connectivity index (χ0) is 31.3. The van der Waals surface area contributed by atoms with Crippen molar-refractivity contribution in [2.45, 2.75) is 62.2 Å². The van der Waals surface area contributed by atoms with E-state index in [1.165, 1.54) is 27.8 Å². The predicted octanol–water partition coefficient (Wildman–Crippen LogP) is 3.99. The minimum Gasteiger partial charge on any atom is -0.353 e. The molecule has 2 saturated heterocycles. The number of pyridine rings is 1. The molecule has 2 aromatic heterocycles. The van der Waals surface area contributed by atoms with E-state index >= 15 is 0 Å². The number of thiophene rings is 1. The molecule has 9 nitrogen and oxygen atoms in total. The highest BCUT2D eigenvalue weighted by atomic mass is 32.2. The van der Waals surface area contributed by atoms with E-state index in [2.05, 4.69) is 22.5 Å². The molecule has 2 aliphatic rings. The number of unbranched alkanes of at least 4 members (excludes halogenated alkanes) is 1. The fourth-order valence-electron chi connectivity index (χ4n) is 5.99. The Labute approximate surface area is 262 Å². The van der Waals surface area contributed by atoms with Crippen LogP contribution >= 0.6 is 11.3 Å². The smallest absolute Gasteiger partial charge is 0.252 e. The number of rotatable bonds is 12. The maximum Gasteiger partial charge on any atom is 0.252 e. The van der Waals surface area contributed by atoms with Crippen molar-refractivity contribution >= 4 is 33.2 Å². The predicted molar refractivity (Wildman–Crippen MR) is 169 cm³/mol. The second-order valence-corrected chi connectivity index (χ2v) is 15.0. The van der Waals surface area contributed by atoms with Crippen molar-refractivity contribution in [1.82, 2.24) is 24.8 Å². The number of piperazine rings is 1. The summed E-state index contributed by atoms with van der Waals surface area (Å²) in [5, 5.41) is 6.57. The van der Waals surface area contributed by atoms with Gasteiger partial charge in [-0.05, 0) is 73.7 Å². The Kier molecular flexibility index (Phi) is 10.5. The Morgan fingerprint density at radius 1 is 1.20 bits per heavy atom. The molecule has 2 aliphatic heterocycles. The third-order valence-corrected chi connectivity index (χ3v) is 11.6. The summed E-state index contributed by atoms with van der Waals surface area (Å²) in [6, 6.07) is 13.1. The van der Waals surface area contributed by atoms with E-state index in [0.29, 0.717) is 39.0 Å². The molecule has 4 heterocycles. The van der Waals surface area contributed by atoms with Crippen LogP contribution in [0.1, 0.15) is 43.7 Å². The summed E-state index contributed by atoms with van der Waals surface area (Å²) >= 11 is 1.20. The van der Waals surface area contributed by atoms with Gasteiger partial charge in [-0.3, -0.25) is 14.6 Å². The van der Waals surface area contributed by atoms with Gasteiger partial charge in [-0.25, -0.2) is 12.8 Å². The molecular weight excluding hydrogens is 602 g/mol. The van der Waals surface area contributed by atoms with E-state index < -0.39 is 15.9 Å². The van der Waals surface area contributed by atoms with Crippen molar-refractivity contribution in [3.8, 4) is 10.6 Å². The number of halogens is 1. The largest absolute Gasteiger partial charge is 0.353 e. The topological polar surface area (TPSA) is 112 Å². The molecule has 3 atom stereocenters. The normalized spacial score (nSPS) is 20.2. The van der Waals surface area contributed by atoms with Crippen molar-refractivity contribution in [3.63, 3.8) is 0 Å². The van der Waals surface area contributed by atoms with Gasteiger partial charge in [-0.2, -0.15) is 4.31 Å². The van der Waals surface area contributed by atoms with Crippen molar-refractivity contribution in [1.29, 1.82) is 0 Å². The first-order valence-corrected chi connectivity index (χ1v) is 17.5. The standard InChI is InChI=1S/C32H40FN5O4S2/c1-3-4-12-37-20-24(18-30(37)39)32(40)36-26(17-23-14-22(2)15-25(33)16-23)19-27-21-38(13-11-34-27)44(41,42)31-9-8-29(43-31)28-7-5-6-10-35-28/h5-10,14-16,24,26-27,34H,3-4,11-13,17-21H2,1-2H3,(H,36,40)/t24?,26?,27-/m0/s1. The van der Waals surface area contributed by atoms with Crippen LogP contribution in [0.15, 0.2) is 58.9 Å². The maximum atomic E-state index is 14.3. The summed E-state index contributed by atoms with van der Waals surface area (Å²) in [5.74, 6) is -0.992. The molecule has 0 spiro atoms. The number of hydrogen-bond acceptors (Lipinski definition) is 7. The Hall–Kier alpha value is -3.19. The molecule has 3 aromatic rings. The number of aromatic nitrogens is 1. The third kappa shape index (κ3) is 7.90. The van der Waals surface area contributed by atoms with Crippen LogP contribution in [0.2, 0.25) is 0 Å². The summed E-state index contributed by atoms with van der Waals surface area (Å²) in [4.78, 5) is 32.8. The number of hydrogen-bond donors (Lipinski definition) is 2. The minimum atomic E-state index is -3.74. The molecule has 2 fully saturated rings. The van der Waals surface area contributed by atoms with Gasteiger partial charge in [0.1, 0.15) is 10.0 Å². The Morgan fingerprint density at radius 2 is 2.05 bits per heavy atom. The Bertz CT molecular complexity index is 1550. The van der Waals surface area contributed by atoms with Gasteiger partial charge in [-0.1, -0.05) is 25.5 Å². The van der Waals surface area contributed by atoms with Gasteiger partial charge in [0.2, 0.25) is 11.8 Å². The molecule has 1 aromatic carbocycles. The van der Waals surface area contributed by atoms with Crippen LogP contribution in [-0.2, 0) is 26.0 Å². The zero-order valence-electron chi connectivity index (χ0n) is 25.2. The molecule has 0 aliphatic carbocycles. The lowest BCUT2D eigenvalue weighted by atomic mass is 9.96. The summed E-state index contributed by atoms with van der Waals surface area (Å²) in [6.45, 7) is 5.96. The van der Waals surface area contributed by atoms with Crippen LogP contribution in [0.3, 0.4) is 0 Å². The average molecular weight is 642 g/mol. The Morgan fingerprint density at radius 3 is 2.80 bits per heavy atom. The number of aryl methyl sites for hydroxylation is 1. The molecule has 0 radical (unpaired) electrons. The maximum absolute atomic E-state index is 14.3. The third-order valence-electron chi connectivity index (χ3n) is 8.18. The van der Waals surface area contributed by atoms with E-state index in [1.54, 1.807) is 23.2 Å². The number of carbonyl (C=O) groups excluding carboxylic acids is 2. The van der Waals surface area contributed by atoms with Crippen molar-refractivity contribution in [3.05, 3.63) is 71.7 Å². The van der Waals surface area contributed by atoms with E-state index in [4.69, 9.17) is 0 Å². The van der Waals surface area contributed by atoms with Gasteiger partial charge in [0.15, 0.2) is 0 Å². The lowest BCUT2D eigenvalue weighted by molar-refractivity contribution is -0.129. The molecule has 2 unspecified atom stereocenters. The first-order valence-electron chi connectivity index (χ1n) is 15.2. The SMILES string of the molecule is CCCCN1CC(C(=O)NC(Cc2cc(C)cc(F)c2)C[C@H]2CN(S(=O)(=O)c3ccc(-c4ccccn4)s3)CCN2)CC1=O. The highest BCUT2D eigenvalue weighted by Gasteiger charge is 2.36. The minimum absolute atomic E-state index is 0.00881. The first-order chi connectivity index (χ1) is 21.1. The molecule has 12 heteroatoms. The van der Waals surface area contributed by atoms with Crippen LogP contribution in [-0.4, -0.2) is 79.2 Å². The summed E-state index contributed by atoms with van der Waals surface area (Å²) in [5.41, 5.74) is 2.26. The zero-order valence-corrected chi connectivity index (χ0v) is 26.8. The van der Waals surface area contributed by atoms with E-state index in [9.17, 15) is 22.4 Å². The number of carbonyl (C=O) groups is 2. The summed E-state index contributed by atoms with van der Waals surface area (Å²) < 4.78 is 43.3. The fourth-order valence-corrected chi connectivity index (χ4v) is 8.91. The molecule has 0 saturated carbocycles. The molecule has 2 N–H and O–H groups in total. The average Bonchev–Trinajstić information content (AvgIpc) is 3.64. The highest BCUT2D eigenvalue weighted by Crippen LogP contribution is 2.32. The van der Waals surface area contributed by atoms with Crippen LogP contribution in [0.25, 0.3) is 10.6 Å². The first kappa shape index (κ1) is 32.2. The molecular formula is C32H40FN5O4S2. The lowest BCUT2D eigenvalue weighted by Crippen LogP contribution is -2.55. The molecule has 5 rings (SSSR count). The summed E-state index contributed by atoms with van der Waals surface area (Å²) in [6.07, 6.45) is 4.54. The summed E-state index contributed by atoms with van der Waals surface area (Å²) in [7, 11) is -3.74. The number of amides is 2. The van der Waals surface area contributed by atoms with Gasteiger partial charge < -0.3 is 15.5 Å². The second kappa shape index (κ2) is 14.3. The number of benzene rings is 1. The van der Waals surface area contributed by atoms with Crippen molar-refractivity contribution < 1.29 is 22.4 Å². The fraction of sp³-hybridized carbons (Fsp3) is 0.469. The quantitative estimate of drug-likeness (QED) is 0.310. The lowest BCUT2D eigenvalue weighted by Gasteiger charge is -2.35. The number of sulfonamides is 1. The van der Waals surface area contributed by atoms with Crippen LogP contribution in [0, 0.1) is 18.7 Å². The van der Waals surface area contributed by atoms with Gasteiger partial charge in [0.25, 0.3) is 10.0 Å². The Balaban J connectivity index is 1.29. The number of nitrogens with one attached hydrogen (secondary N) is 2. The van der Waals surface area contributed by atoms with Gasteiger partial charge in [0, 0.05) is 57.4 Å².